The molecule has 0 radical (unpaired) electrons. The molecule has 106 valence electrons. The van der Waals surface area contributed by atoms with Crippen molar-refractivity contribution < 1.29 is 18.0 Å². The molecule has 2 amide bonds. The van der Waals surface area contributed by atoms with E-state index in [1.165, 1.54) is 4.90 Å². The fraction of sp³-hybridized carbons (Fsp3) is 0.909. The van der Waals surface area contributed by atoms with Crippen LogP contribution in [0.4, 0.5) is 18.0 Å². The molecular formula is C11H20F3N3O. The second-order valence-corrected chi connectivity index (χ2v) is 4.64. The highest BCUT2D eigenvalue weighted by Gasteiger charge is 2.32. The first-order valence-electron chi connectivity index (χ1n) is 6.16. The summed E-state index contributed by atoms with van der Waals surface area (Å²) >= 11 is 0. The van der Waals surface area contributed by atoms with Crippen molar-refractivity contribution in [2.24, 2.45) is 0 Å². The lowest BCUT2D eigenvalue weighted by molar-refractivity contribution is -0.148. The molecule has 1 saturated heterocycles. The summed E-state index contributed by atoms with van der Waals surface area (Å²) in [6.07, 6.45) is -3.33. The zero-order valence-corrected chi connectivity index (χ0v) is 10.8. The topological polar surface area (TPSA) is 35.6 Å². The van der Waals surface area contributed by atoms with E-state index in [4.69, 9.17) is 0 Å². The van der Waals surface area contributed by atoms with Crippen LogP contribution >= 0.6 is 0 Å². The molecule has 1 aliphatic rings. The van der Waals surface area contributed by atoms with Crippen LogP contribution in [-0.2, 0) is 0 Å². The maximum absolute atomic E-state index is 12.2. The molecule has 1 aliphatic heterocycles. The van der Waals surface area contributed by atoms with E-state index in [9.17, 15) is 18.0 Å². The minimum atomic E-state index is -4.17. The number of nitrogens with zero attached hydrogens (tertiary/aromatic N) is 2. The number of urea groups is 1. The summed E-state index contributed by atoms with van der Waals surface area (Å²) in [6, 6.07) is -0.0956. The second-order valence-electron chi connectivity index (χ2n) is 4.64. The molecule has 0 bridgehead atoms. The number of halogens is 3. The van der Waals surface area contributed by atoms with Gasteiger partial charge < -0.3 is 10.2 Å². The minimum absolute atomic E-state index is 0.0886. The SMILES string of the molecule is CCC(C)NC(=O)N1CCN(CC(F)(F)F)CC1. The van der Waals surface area contributed by atoms with Gasteiger partial charge in [-0.15, -0.1) is 0 Å². The van der Waals surface area contributed by atoms with Crippen molar-refractivity contribution in [2.45, 2.75) is 32.5 Å². The van der Waals surface area contributed by atoms with Gasteiger partial charge in [-0.25, -0.2) is 4.79 Å². The van der Waals surface area contributed by atoms with Crippen LogP contribution in [0.3, 0.4) is 0 Å². The summed E-state index contributed by atoms with van der Waals surface area (Å²) in [5, 5.41) is 2.81. The average molecular weight is 267 g/mol. The third-order valence-electron chi connectivity index (χ3n) is 3.04. The Bertz CT molecular complexity index is 275. The maximum atomic E-state index is 12.2. The smallest absolute Gasteiger partial charge is 0.336 e. The van der Waals surface area contributed by atoms with Crippen LogP contribution in [0.1, 0.15) is 20.3 Å². The number of hydrogen-bond acceptors (Lipinski definition) is 2. The summed E-state index contributed by atoms with van der Waals surface area (Å²) in [5.74, 6) is 0. The zero-order valence-electron chi connectivity index (χ0n) is 10.8. The van der Waals surface area contributed by atoms with Gasteiger partial charge >= 0.3 is 12.2 Å². The van der Waals surface area contributed by atoms with Gasteiger partial charge in [-0.3, -0.25) is 4.90 Å². The number of hydrogen-bond donors (Lipinski definition) is 1. The van der Waals surface area contributed by atoms with Crippen molar-refractivity contribution in [3.8, 4) is 0 Å². The third kappa shape index (κ3) is 5.12. The van der Waals surface area contributed by atoms with Crippen molar-refractivity contribution in [3.63, 3.8) is 0 Å². The molecule has 0 spiro atoms. The van der Waals surface area contributed by atoms with Gasteiger partial charge in [0.25, 0.3) is 0 Å². The van der Waals surface area contributed by atoms with Crippen LogP contribution in [0.5, 0.6) is 0 Å². The Balaban J connectivity index is 2.33. The normalized spacial score (nSPS) is 19.7. The zero-order chi connectivity index (χ0) is 13.8. The molecule has 1 rings (SSSR count). The average Bonchev–Trinajstić information content (AvgIpc) is 2.27. The van der Waals surface area contributed by atoms with Gasteiger partial charge in [0.15, 0.2) is 0 Å². The van der Waals surface area contributed by atoms with E-state index < -0.39 is 12.7 Å². The number of amides is 2. The Morgan fingerprint density at radius 3 is 2.28 bits per heavy atom. The summed E-state index contributed by atoms with van der Waals surface area (Å²) in [4.78, 5) is 14.6. The van der Waals surface area contributed by atoms with Crippen LogP contribution in [-0.4, -0.2) is 60.8 Å². The Labute approximate surface area is 105 Å². The van der Waals surface area contributed by atoms with Gasteiger partial charge in [-0.1, -0.05) is 6.92 Å². The summed E-state index contributed by atoms with van der Waals surface area (Å²) in [7, 11) is 0. The highest BCUT2D eigenvalue weighted by molar-refractivity contribution is 5.74. The van der Waals surface area contributed by atoms with Crippen LogP contribution in [0.15, 0.2) is 0 Å². The van der Waals surface area contributed by atoms with E-state index in [-0.39, 0.29) is 25.2 Å². The minimum Gasteiger partial charge on any atom is -0.336 e. The molecule has 1 fully saturated rings. The van der Waals surface area contributed by atoms with Gasteiger partial charge in [0.1, 0.15) is 0 Å². The van der Waals surface area contributed by atoms with Crippen molar-refractivity contribution in [2.75, 3.05) is 32.7 Å². The lowest BCUT2D eigenvalue weighted by Crippen LogP contribution is -2.54. The van der Waals surface area contributed by atoms with E-state index in [1.807, 2.05) is 13.8 Å². The number of carbonyl (C=O) groups is 1. The van der Waals surface area contributed by atoms with Crippen molar-refractivity contribution >= 4 is 6.03 Å². The highest BCUT2D eigenvalue weighted by Crippen LogP contribution is 2.17. The predicted octanol–water partition coefficient (Wildman–Crippen LogP) is 1.67. The Kier molecular flexibility index (Phi) is 5.25. The summed E-state index contributed by atoms with van der Waals surface area (Å²) in [5.41, 5.74) is 0. The number of piperazine rings is 1. The third-order valence-corrected chi connectivity index (χ3v) is 3.04. The van der Waals surface area contributed by atoms with E-state index in [0.29, 0.717) is 13.1 Å². The van der Waals surface area contributed by atoms with E-state index in [2.05, 4.69) is 5.32 Å². The number of alkyl halides is 3. The molecular weight excluding hydrogens is 247 g/mol. The number of rotatable bonds is 3. The van der Waals surface area contributed by atoms with Gasteiger partial charge in [-0.05, 0) is 13.3 Å². The first kappa shape index (κ1) is 15.1. The fourth-order valence-corrected chi connectivity index (χ4v) is 1.77. The molecule has 1 heterocycles. The molecule has 0 aromatic carbocycles. The summed E-state index contributed by atoms with van der Waals surface area (Å²) < 4.78 is 36.5. The van der Waals surface area contributed by atoms with Gasteiger partial charge in [-0.2, -0.15) is 13.2 Å². The lowest BCUT2D eigenvalue weighted by Gasteiger charge is -2.35. The monoisotopic (exact) mass is 267 g/mol. The quantitative estimate of drug-likeness (QED) is 0.844. The molecule has 0 aromatic rings. The molecule has 0 aliphatic carbocycles. The number of carbonyl (C=O) groups excluding carboxylic acids is 1. The van der Waals surface area contributed by atoms with Crippen LogP contribution in [0.2, 0.25) is 0 Å². The molecule has 1 N–H and O–H groups in total. The fourth-order valence-electron chi connectivity index (χ4n) is 1.77. The second kappa shape index (κ2) is 6.26. The number of nitrogens with one attached hydrogen (secondary N) is 1. The molecule has 4 nitrogen and oxygen atoms in total. The lowest BCUT2D eigenvalue weighted by atomic mass is 10.2. The standard InChI is InChI=1S/C11H20F3N3O/c1-3-9(2)15-10(18)17-6-4-16(5-7-17)8-11(12,13)14/h9H,3-8H2,1-2H3,(H,15,18). The van der Waals surface area contributed by atoms with Crippen molar-refractivity contribution in [3.05, 3.63) is 0 Å². The first-order valence-corrected chi connectivity index (χ1v) is 6.16. The van der Waals surface area contributed by atoms with E-state index >= 15 is 0 Å². The Morgan fingerprint density at radius 2 is 1.83 bits per heavy atom. The molecule has 7 heteroatoms. The van der Waals surface area contributed by atoms with Gasteiger partial charge in [0.05, 0.1) is 6.54 Å². The Hall–Kier alpha value is -0.980. The predicted molar refractivity (Wildman–Crippen MR) is 62.4 cm³/mol. The molecule has 1 atom stereocenters. The Morgan fingerprint density at radius 1 is 1.28 bits per heavy atom. The van der Waals surface area contributed by atoms with Crippen molar-refractivity contribution in [1.29, 1.82) is 0 Å². The molecule has 18 heavy (non-hydrogen) atoms. The van der Waals surface area contributed by atoms with Gasteiger partial charge in [0.2, 0.25) is 0 Å². The van der Waals surface area contributed by atoms with Gasteiger partial charge in [0, 0.05) is 32.2 Å². The highest BCUT2D eigenvalue weighted by atomic mass is 19.4. The molecule has 0 saturated carbocycles. The van der Waals surface area contributed by atoms with Crippen LogP contribution < -0.4 is 5.32 Å². The maximum Gasteiger partial charge on any atom is 0.401 e. The van der Waals surface area contributed by atoms with Crippen molar-refractivity contribution in [1.82, 2.24) is 15.1 Å². The largest absolute Gasteiger partial charge is 0.401 e. The van der Waals surface area contributed by atoms with Crippen LogP contribution in [0, 0.1) is 0 Å². The molecule has 0 aromatic heterocycles. The van der Waals surface area contributed by atoms with Crippen LogP contribution in [0.25, 0.3) is 0 Å². The molecule has 1 unspecified atom stereocenters. The first-order chi connectivity index (χ1) is 8.31. The van der Waals surface area contributed by atoms with E-state index in [0.717, 1.165) is 6.42 Å². The van der Waals surface area contributed by atoms with E-state index in [1.54, 1.807) is 4.90 Å². The summed E-state index contributed by atoms with van der Waals surface area (Å²) in [6.45, 7) is 4.20.